The van der Waals surface area contributed by atoms with E-state index in [-0.39, 0.29) is 0 Å². The largest absolute Gasteiger partial charge is 0.324 e. The van der Waals surface area contributed by atoms with Crippen LogP contribution in [0.1, 0.15) is 0 Å². The number of nitrogens with one attached hydrogen (secondary N) is 1. The Labute approximate surface area is 173 Å². The Balaban J connectivity index is 2.24. The van der Waals surface area contributed by atoms with Crippen molar-refractivity contribution in [2.45, 2.75) is 0 Å². The van der Waals surface area contributed by atoms with Crippen molar-refractivity contribution >= 4 is 58.9 Å². The fraction of sp³-hybridized carbons (Fsp3) is 0.235. The molecule has 0 saturated heterocycles. The van der Waals surface area contributed by atoms with Gasteiger partial charge in [0.15, 0.2) is 0 Å². The third kappa shape index (κ3) is 5.69. The minimum absolute atomic E-state index is 0.339. The monoisotopic (exact) mass is 489 g/mol. The Hall–Kier alpha value is -2.11. The molecule has 0 aliphatic rings. The van der Waals surface area contributed by atoms with E-state index in [0.717, 1.165) is 21.1 Å². The molecular weight excluding hydrogens is 470 g/mol. The van der Waals surface area contributed by atoms with E-state index in [4.69, 9.17) is 0 Å². The fourth-order valence-corrected chi connectivity index (χ4v) is 4.32. The topological polar surface area (TPSA) is 104 Å². The van der Waals surface area contributed by atoms with E-state index in [1.807, 2.05) is 0 Å². The summed E-state index contributed by atoms with van der Waals surface area (Å²) in [7, 11) is -5.77. The molecule has 0 spiro atoms. The number of benzene rings is 2. The van der Waals surface area contributed by atoms with Gasteiger partial charge >= 0.3 is 0 Å². The number of nitrogens with zero attached hydrogens (tertiary/aromatic N) is 2. The van der Waals surface area contributed by atoms with Gasteiger partial charge in [-0.1, -0.05) is 18.2 Å². The lowest BCUT2D eigenvalue weighted by atomic mass is 10.2. The van der Waals surface area contributed by atoms with Crippen molar-refractivity contribution in [3.05, 3.63) is 53.0 Å². The Morgan fingerprint density at radius 1 is 1.00 bits per heavy atom. The first-order valence-electron chi connectivity index (χ1n) is 7.95. The maximum absolute atomic E-state index is 12.5. The van der Waals surface area contributed by atoms with Gasteiger partial charge in [0.2, 0.25) is 26.0 Å². The molecule has 28 heavy (non-hydrogen) atoms. The van der Waals surface area contributed by atoms with Gasteiger partial charge in [-0.15, -0.1) is 0 Å². The summed E-state index contributed by atoms with van der Waals surface area (Å²) in [5, 5.41) is 2.60. The molecule has 0 aliphatic heterocycles. The van der Waals surface area contributed by atoms with Gasteiger partial charge in [-0.05, 0) is 46.3 Å². The number of carbonyl (C=O) groups excluding carboxylic acids is 1. The summed E-state index contributed by atoms with van der Waals surface area (Å²) in [6, 6.07) is 12.9. The quantitative estimate of drug-likeness (QED) is 0.641. The fourth-order valence-electron chi connectivity index (χ4n) is 2.34. The zero-order valence-electron chi connectivity index (χ0n) is 15.5. The van der Waals surface area contributed by atoms with Crippen molar-refractivity contribution < 1.29 is 21.6 Å². The van der Waals surface area contributed by atoms with Crippen LogP contribution in [0.15, 0.2) is 53.0 Å². The Morgan fingerprint density at radius 3 is 2.21 bits per heavy atom. The van der Waals surface area contributed by atoms with E-state index in [1.54, 1.807) is 42.5 Å². The average molecular weight is 490 g/mol. The first kappa shape index (κ1) is 22.2. The number of para-hydroxylation sites is 1. The summed E-state index contributed by atoms with van der Waals surface area (Å²) in [5.74, 6) is -0.569. The van der Waals surface area contributed by atoms with E-state index in [0.29, 0.717) is 21.5 Å². The number of hydrogen-bond acceptors (Lipinski definition) is 5. The lowest BCUT2D eigenvalue weighted by Gasteiger charge is -2.23. The number of sulfonamides is 2. The highest BCUT2D eigenvalue weighted by atomic mass is 79.9. The molecule has 0 heterocycles. The number of amides is 1. The van der Waals surface area contributed by atoms with Gasteiger partial charge in [-0.3, -0.25) is 13.4 Å². The summed E-state index contributed by atoms with van der Waals surface area (Å²) in [4.78, 5) is 12.5. The summed E-state index contributed by atoms with van der Waals surface area (Å²) in [6.45, 7) is -0.437. The smallest absolute Gasteiger partial charge is 0.245 e. The van der Waals surface area contributed by atoms with Gasteiger partial charge in [0.05, 0.1) is 23.9 Å². The van der Waals surface area contributed by atoms with Gasteiger partial charge in [0, 0.05) is 17.2 Å². The number of anilines is 3. The second-order valence-electron chi connectivity index (χ2n) is 6.05. The normalized spacial score (nSPS) is 11.7. The minimum Gasteiger partial charge on any atom is -0.324 e. The van der Waals surface area contributed by atoms with E-state index in [9.17, 15) is 21.6 Å². The molecule has 0 bridgehead atoms. The van der Waals surface area contributed by atoms with Crippen molar-refractivity contribution in [3.8, 4) is 0 Å². The average Bonchev–Trinajstić information content (AvgIpc) is 2.58. The second-order valence-corrected chi connectivity index (χ2v) is 10.8. The molecule has 0 atom stereocenters. The van der Waals surface area contributed by atoms with E-state index < -0.39 is 32.5 Å². The summed E-state index contributed by atoms with van der Waals surface area (Å²) in [6.07, 6.45) is 2.08. The summed E-state index contributed by atoms with van der Waals surface area (Å²) < 4.78 is 50.3. The van der Waals surface area contributed by atoms with E-state index in [2.05, 4.69) is 21.2 Å². The van der Waals surface area contributed by atoms with Crippen LogP contribution in [0.2, 0.25) is 0 Å². The van der Waals surface area contributed by atoms with Crippen LogP contribution in [0.4, 0.5) is 17.1 Å². The van der Waals surface area contributed by atoms with Crippen LogP contribution < -0.4 is 13.9 Å². The molecule has 0 saturated carbocycles. The SMILES string of the molecule is CN(c1cccc(NC(=O)CN(c2ccccc2Br)S(C)(=O)=O)c1)S(C)(=O)=O. The predicted octanol–water partition coefficient (Wildman–Crippen LogP) is 2.25. The molecule has 0 unspecified atom stereocenters. The third-order valence-corrected chi connectivity index (χ3v) is 6.80. The zero-order valence-corrected chi connectivity index (χ0v) is 18.7. The lowest BCUT2D eigenvalue weighted by molar-refractivity contribution is -0.114. The summed E-state index contributed by atoms with van der Waals surface area (Å²) >= 11 is 3.29. The number of hydrogen-bond donors (Lipinski definition) is 1. The molecule has 0 aromatic heterocycles. The van der Waals surface area contributed by atoms with Crippen LogP contribution in [0.5, 0.6) is 0 Å². The highest BCUT2D eigenvalue weighted by molar-refractivity contribution is 9.10. The summed E-state index contributed by atoms with van der Waals surface area (Å²) in [5.41, 5.74) is 1.05. The molecule has 1 N–H and O–H groups in total. The first-order valence-corrected chi connectivity index (χ1v) is 12.4. The third-order valence-electron chi connectivity index (χ3n) is 3.80. The highest BCUT2D eigenvalue weighted by Crippen LogP contribution is 2.27. The molecule has 2 aromatic carbocycles. The Bertz CT molecular complexity index is 1090. The Kier molecular flexibility index (Phi) is 6.73. The number of carbonyl (C=O) groups is 1. The van der Waals surface area contributed by atoms with Crippen LogP contribution in [-0.2, 0) is 24.8 Å². The maximum Gasteiger partial charge on any atom is 0.245 e. The molecule has 2 rings (SSSR count). The zero-order chi connectivity index (χ0) is 21.1. The van der Waals surface area contributed by atoms with Crippen LogP contribution >= 0.6 is 15.9 Å². The number of rotatable bonds is 7. The molecular formula is C17H20BrN3O5S2. The van der Waals surface area contributed by atoms with E-state index in [1.165, 1.54) is 13.1 Å². The lowest BCUT2D eigenvalue weighted by Crippen LogP contribution is -2.37. The molecule has 0 aliphatic carbocycles. The second kappa shape index (κ2) is 8.50. The first-order chi connectivity index (χ1) is 12.9. The van der Waals surface area contributed by atoms with Gasteiger partial charge in [-0.25, -0.2) is 16.8 Å². The van der Waals surface area contributed by atoms with Crippen molar-refractivity contribution in [2.75, 3.05) is 40.0 Å². The van der Waals surface area contributed by atoms with Crippen LogP contribution in [0, 0.1) is 0 Å². The van der Waals surface area contributed by atoms with Crippen molar-refractivity contribution in [3.63, 3.8) is 0 Å². The number of halogens is 1. The van der Waals surface area contributed by atoms with Crippen molar-refractivity contribution in [2.24, 2.45) is 0 Å². The molecule has 0 radical (unpaired) electrons. The van der Waals surface area contributed by atoms with Gasteiger partial charge < -0.3 is 5.32 Å². The van der Waals surface area contributed by atoms with Gasteiger partial charge in [0.25, 0.3) is 0 Å². The predicted molar refractivity (Wildman–Crippen MR) is 115 cm³/mol. The van der Waals surface area contributed by atoms with Crippen LogP contribution in [0.3, 0.4) is 0 Å². The Morgan fingerprint density at radius 2 is 1.64 bits per heavy atom. The van der Waals surface area contributed by atoms with Gasteiger partial charge in [-0.2, -0.15) is 0 Å². The molecule has 0 fully saturated rings. The molecule has 2 aromatic rings. The van der Waals surface area contributed by atoms with Crippen molar-refractivity contribution in [1.29, 1.82) is 0 Å². The molecule has 11 heteroatoms. The van der Waals surface area contributed by atoms with Crippen molar-refractivity contribution in [1.82, 2.24) is 0 Å². The van der Waals surface area contributed by atoms with Crippen LogP contribution in [-0.4, -0.2) is 48.8 Å². The standard InChI is InChI=1S/C17H20BrN3O5S2/c1-20(27(2,23)24)14-8-6-7-13(11-14)19-17(22)12-21(28(3,25)26)16-10-5-4-9-15(16)18/h4-11H,12H2,1-3H3,(H,19,22). The highest BCUT2D eigenvalue weighted by Gasteiger charge is 2.23. The van der Waals surface area contributed by atoms with E-state index >= 15 is 0 Å². The molecule has 8 nitrogen and oxygen atoms in total. The van der Waals surface area contributed by atoms with Crippen LogP contribution in [0.25, 0.3) is 0 Å². The minimum atomic E-state index is -3.71. The molecule has 152 valence electrons. The maximum atomic E-state index is 12.5. The van der Waals surface area contributed by atoms with Gasteiger partial charge in [0.1, 0.15) is 6.54 Å². The molecule has 1 amide bonds.